The van der Waals surface area contributed by atoms with Crippen molar-refractivity contribution >= 4 is 17.8 Å². The van der Waals surface area contributed by atoms with Crippen LogP contribution in [-0.4, -0.2) is 27.9 Å². The third-order valence-electron chi connectivity index (χ3n) is 6.24. The molecule has 3 aromatic rings. The van der Waals surface area contributed by atoms with Gasteiger partial charge in [-0.1, -0.05) is 32.0 Å². The predicted molar refractivity (Wildman–Crippen MR) is 124 cm³/mol. The summed E-state index contributed by atoms with van der Waals surface area (Å²) in [5.74, 6) is -0.777. The van der Waals surface area contributed by atoms with Crippen molar-refractivity contribution in [1.29, 1.82) is 0 Å². The molecular weight excluding hydrogens is 437 g/mol. The molecule has 1 fully saturated rings. The van der Waals surface area contributed by atoms with Gasteiger partial charge in [0.2, 0.25) is 11.8 Å². The number of nitrogens with two attached hydrogens (primary N) is 1. The second-order valence-corrected chi connectivity index (χ2v) is 9.17. The number of urea groups is 1. The van der Waals surface area contributed by atoms with Crippen molar-refractivity contribution in [3.63, 3.8) is 0 Å². The number of hydrogen-bond acceptors (Lipinski definition) is 6. The number of nitrogens with one attached hydrogen (secondary N) is 2. The van der Waals surface area contributed by atoms with Crippen molar-refractivity contribution < 1.29 is 18.7 Å². The van der Waals surface area contributed by atoms with Crippen LogP contribution in [-0.2, 0) is 4.79 Å². The second kappa shape index (κ2) is 8.09. The number of primary amides is 1. The number of benzene rings is 1. The summed E-state index contributed by atoms with van der Waals surface area (Å²) < 4.78 is 20.7. The summed E-state index contributed by atoms with van der Waals surface area (Å²) in [6, 6.07) is 11.5. The Kier molecular flexibility index (Phi) is 5.19. The fraction of sp³-hybridized carbons (Fsp3) is 0.280. The van der Waals surface area contributed by atoms with Gasteiger partial charge in [-0.3, -0.25) is 10.1 Å². The number of hydrogen-bond donors (Lipinski definition) is 3. The van der Waals surface area contributed by atoms with Gasteiger partial charge in [0.15, 0.2) is 11.6 Å². The number of pyridine rings is 2. The number of fused-ring (bicyclic) bond motifs is 2. The summed E-state index contributed by atoms with van der Waals surface area (Å²) in [6.45, 7) is 3.34. The molecule has 0 saturated heterocycles. The van der Waals surface area contributed by atoms with Crippen molar-refractivity contribution in [2.45, 2.75) is 38.6 Å². The van der Waals surface area contributed by atoms with Crippen molar-refractivity contribution in [3.05, 3.63) is 65.6 Å². The van der Waals surface area contributed by atoms with Crippen molar-refractivity contribution in [2.24, 2.45) is 11.1 Å². The molecule has 1 aliphatic heterocycles. The number of carbonyl (C=O) groups excluding carboxylic acids is 2. The molecule has 1 aliphatic carbocycles. The van der Waals surface area contributed by atoms with Crippen molar-refractivity contribution in [2.75, 3.05) is 5.32 Å². The van der Waals surface area contributed by atoms with Gasteiger partial charge < -0.3 is 15.8 Å². The molecule has 2 aromatic heterocycles. The first-order valence-corrected chi connectivity index (χ1v) is 11.0. The van der Waals surface area contributed by atoms with Gasteiger partial charge in [0, 0.05) is 34.8 Å². The second-order valence-electron chi connectivity index (χ2n) is 9.17. The molecule has 1 saturated carbocycles. The van der Waals surface area contributed by atoms with Gasteiger partial charge in [-0.15, -0.1) is 0 Å². The Labute approximate surface area is 195 Å². The number of halogens is 1. The van der Waals surface area contributed by atoms with Gasteiger partial charge in [-0.2, -0.15) is 0 Å². The summed E-state index contributed by atoms with van der Waals surface area (Å²) >= 11 is 0. The predicted octanol–water partition coefficient (Wildman–Crippen LogP) is 4.32. The molecule has 1 aromatic carbocycles. The highest BCUT2D eigenvalue weighted by molar-refractivity contribution is 5.97. The average Bonchev–Trinajstić information content (AvgIpc) is 3.61. The van der Waals surface area contributed by atoms with Crippen molar-refractivity contribution in [1.82, 2.24) is 15.3 Å². The molecule has 3 amide bonds. The minimum atomic E-state index is -1.17. The van der Waals surface area contributed by atoms with Crippen LogP contribution >= 0.6 is 0 Å². The number of amides is 3. The summed E-state index contributed by atoms with van der Waals surface area (Å²) in [5.41, 5.74) is 6.47. The van der Waals surface area contributed by atoms with E-state index in [0.29, 0.717) is 22.9 Å². The van der Waals surface area contributed by atoms with Crippen LogP contribution in [0.3, 0.4) is 0 Å². The van der Waals surface area contributed by atoms with Crippen LogP contribution in [0.5, 0.6) is 11.6 Å². The summed E-state index contributed by atoms with van der Waals surface area (Å²) in [4.78, 5) is 33.3. The highest BCUT2D eigenvalue weighted by Crippen LogP contribution is 2.52. The monoisotopic (exact) mass is 461 g/mol. The number of carbonyl (C=O) groups is 2. The van der Waals surface area contributed by atoms with Crippen LogP contribution in [0.15, 0.2) is 48.7 Å². The molecule has 34 heavy (non-hydrogen) atoms. The summed E-state index contributed by atoms with van der Waals surface area (Å²) in [7, 11) is 0. The normalized spacial score (nSPS) is 16.6. The number of para-hydroxylation sites is 1. The topological polar surface area (TPSA) is 119 Å². The molecule has 5 rings (SSSR count). The van der Waals surface area contributed by atoms with E-state index in [1.807, 2.05) is 24.3 Å². The fourth-order valence-corrected chi connectivity index (χ4v) is 4.29. The lowest BCUT2D eigenvalue weighted by molar-refractivity contribution is -0.128. The molecule has 1 atom stereocenters. The largest absolute Gasteiger partial charge is 0.435 e. The van der Waals surface area contributed by atoms with Gasteiger partial charge in [0.05, 0.1) is 11.1 Å². The Morgan fingerprint density at radius 3 is 2.59 bits per heavy atom. The molecule has 174 valence electrons. The lowest BCUT2D eigenvalue weighted by atomic mass is 9.69. The van der Waals surface area contributed by atoms with E-state index >= 15 is 0 Å². The quantitative estimate of drug-likeness (QED) is 0.521. The van der Waals surface area contributed by atoms with Gasteiger partial charge >= 0.3 is 6.03 Å². The van der Waals surface area contributed by atoms with E-state index in [0.717, 1.165) is 24.2 Å². The van der Waals surface area contributed by atoms with Gasteiger partial charge in [-0.25, -0.2) is 19.2 Å². The number of nitrogens with zero attached hydrogens (tertiary/aromatic N) is 2. The molecule has 0 radical (unpaired) electrons. The van der Waals surface area contributed by atoms with Gasteiger partial charge in [0.25, 0.3) is 0 Å². The highest BCUT2D eigenvalue weighted by Gasteiger charge is 2.45. The molecule has 4 N–H and O–H groups in total. The molecule has 9 heteroatoms. The van der Waals surface area contributed by atoms with Crippen LogP contribution in [0, 0.1) is 11.2 Å². The Balaban J connectivity index is 1.55. The summed E-state index contributed by atoms with van der Waals surface area (Å²) in [5, 5.41) is 5.49. The molecule has 2 aliphatic rings. The fourth-order valence-electron chi connectivity index (χ4n) is 4.29. The SMILES string of the molecule is CC(C)(C(=O)NC(N)=O)[C@@H]1c2ccc(-c3ccc(NC4CC4)nc3)nc2Oc2c(F)cccc21. The standard InChI is InChI=1S/C25H24FN5O3/c1-25(2,23(32)31-24(27)33)20-15-4-3-5-17(26)21(15)34-22-16(20)9-10-18(30-22)13-6-11-19(28-12-13)29-14-7-8-14/h3-6,9-12,14,20H,7-8H2,1-2H3,(H,28,29)(H3,27,31,32,33)/t20-/m0/s1. The number of aromatic nitrogens is 2. The summed E-state index contributed by atoms with van der Waals surface area (Å²) in [6.07, 6.45) is 4.03. The molecular formula is C25H24FN5O3. The lowest BCUT2D eigenvalue weighted by Gasteiger charge is -2.37. The zero-order chi connectivity index (χ0) is 24.0. The van der Waals surface area contributed by atoms with E-state index in [2.05, 4.69) is 20.6 Å². The third-order valence-corrected chi connectivity index (χ3v) is 6.24. The maximum absolute atomic E-state index is 14.8. The molecule has 8 nitrogen and oxygen atoms in total. The highest BCUT2D eigenvalue weighted by atomic mass is 19.1. The average molecular weight is 461 g/mol. The molecule has 0 spiro atoms. The molecule has 0 unspecified atom stereocenters. The van der Waals surface area contributed by atoms with Crippen molar-refractivity contribution in [3.8, 4) is 22.9 Å². The number of rotatable bonds is 5. The van der Waals surface area contributed by atoms with Crippen LogP contribution in [0.1, 0.15) is 43.7 Å². The molecule has 0 bridgehead atoms. The maximum Gasteiger partial charge on any atom is 0.318 e. The Morgan fingerprint density at radius 2 is 1.91 bits per heavy atom. The minimum Gasteiger partial charge on any atom is -0.435 e. The van der Waals surface area contributed by atoms with E-state index in [-0.39, 0.29) is 11.6 Å². The zero-order valence-electron chi connectivity index (χ0n) is 18.8. The van der Waals surface area contributed by atoms with E-state index in [1.54, 1.807) is 32.2 Å². The Hall–Kier alpha value is -4.01. The van der Waals surface area contributed by atoms with E-state index in [9.17, 15) is 14.0 Å². The zero-order valence-corrected chi connectivity index (χ0v) is 18.8. The maximum atomic E-state index is 14.8. The number of ether oxygens (including phenoxy) is 1. The number of anilines is 1. The van der Waals surface area contributed by atoms with E-state index in [1.165, 1.54) is 6.07 Å². The smallest absolute Gasteiger partial charge is 0.318 e. The van der Waals surface area contributed by atoms with Crippen LogP contribution in [0.25, 0.3) is 11.3 Å². The minimum absolute atomic E-state index is 0.00621. The van der Waals surface area contributed by atoms with Gasteiger partial charge in [-0.05, 0) is 37.1 Å². The molecule has 3 heterocycles. The number of imide groups is 1. The Bertz CT molecular complexity index is 1290. The third kappa shape index (κ3) is 3.93. The first kappa shape index (κ1) is 21.8. The Morgan fingerprint density at radius 1 is 1.12 bits per heavy atom. The van der Waals surface area contributed by atoms with Gasteiger partial charge in [0.1, 0.15) is 5.82 Å². The van der Waals surface area contributed by atoms with E-state index < -0.39 is 29.1 Å². The first-order chi connectivity index (χ1) is 16.2. The van der Waals surface area contributed by atoms with Crippen LogP contribution in [0.2, 0.25) is 0 Å². The first-order valence-electron chi connectivity index (χ1n) is 11.0. The van der Waals surface area contributed by atoms with E-state index in [4.69, 9.17) is 10.5 Å². The van der Waals surface area contributed by atoms with Crippen LogP contribution < -0.4 is 21.1 Å². The van der Waals surface area contributed by atoms with Crippen LogP contribution in [0.4, 0.5) is 15.0 Å². The lowest BCUT2D eigenvalue weighted by Crippen LogP contribution is -2.46.